The van der Waals surface area contributed by atoms with Crippen LogP contribution in [0.1, 0.15) is 4.88 Å². The highest BCUT2D eigenvalue weighted by molar-refractivity contribution is 7.17. The number of hydrogen-bond donors (Lipinski definition) is 1. The zero-order valence-corrected chi connectivity index (χ0v) is 13.9. The molecule has 5 nitrogen and oxygen atoms in total. The fraction of sp³-hybridized carbons (Fsp3) is 0.250. The van der Waals surface area contributed by atoms with Gasteiger partial charge in [-0.2, -0.15) is 0 Å². The normalized spacial score (nSPS) is 15.1. The third kappa shape index (κ3) is 4.54. The standard InChI is InChI=1S/C16H16ClN3O2S/c17-14-4-2-13(23-14)3-6-16(21)19-12-1-5-15(18-11-12)20-7-9-22-10-8-20/h1-6,11H,7-10H2,(H,19,21)/b6-3+. The van der Waals surface area contributed by atoms with Crippen molar-refractivity contribution < 1.29 is 9.53 Å². The molecule has 0 aromatic carbocycles. The molecule has 0 radical (unpaired) electrons. The zero-order valence-electron chi connectivity index (χ0n) is 12.4. The molecule has 1 N–H and O–H groups in total. The van der Waals surface area contributed by atoms with Crippen LogP contribution >= 0.6 is 22.9 Å². The van der Waals surface area contributed by atoms with Crippen LogP contribution < -0.4 is 10.2 Å². The number of halogens is 1. The monoisotopic (exact) mass is 349 g/mol. The lowest BCUT2D eigenvalue weighted by Crippen LogP contribution is -2.36. The van der Waals surface area contributed by atoms with Gasteiger partial charge in [-0.3, -0.25) is 4.79 Å². The van der Waals surface area contributed by atoms with Crippen LogP contribution in [-0.2, 0) is 9.53 Å². The SMILES string of the molecule is O=C(/C=C/c1ccc(Cl)s1)Nc1ccc(N2CCOCC2)nc1. The van der Waals surface area contributed by atoms with E-state index in [4.69, 9.17) is 16.3 Å². The second kappa shape index (κ2) is 7.59. The van der Waals surface area contributed by atoms with Crippen LogP contribution in [-0.4, -0.2) is 37.2 Å². The molecule has 1 amide bonds. The first-order chi connectivity index (χ1) is 11.2. The molecule has 0 saturated carbocycles. The van der Waals surface area contributed by atoms with E-state index in [9.17, 15) is 4.79 Å². The number of anilines is 2. The Morgan fingerprint density at radius 1 is 1.30 bits per heavy atom. The number of amides is 1. The summed E-state index contributed by atoms with van der Waals surface area (Å²) in [6.45, 7) is 3.12. The minimum Gasteiger partial charge on any atom is -0.378 e. The highest BCUT2D eigenvalue weighted by Gasteiger charge is 2.12. The third-order valence-corrected chi connectivity index (χ3v) is 4.54. The Morgan fingerprint density at radius 3 is 2.78 bits per heavy atom. The van der Waals surface area contributed by atoms with Gasteiger partial charge in [0, 0.05) is 24.0 Å². The first kappa shape index (κ1) is 16.0. The van der Waals surface area contributed by atoms with Gasteiger partial charge in [-0.25, -0.2) is 4.98 Å². The number of carbonyl (C=O) groups is 1. The maximum absolute atomic E-state index is 11.9. The van der Waals surface area contributed by atoms with Crippen molar-refractivity contribution in [1.82, 2.24) is 4.98 Å². The molecular weight excluding hydrogens is 334 g/mol. The Labute approximate surface area is 143 Å². The van der Waals surface area contributed by atoms with Crippen LogP contribution in [0, 0.1) is 0 Å². The van der Waals surface area contributed by atoms with Crippen molar-refractivity contribution in [2.24, 2.45) is 0 Å². The summed E-state index contributed by atoms with van der Waals surface area (Å²) in [7, 11) is 0. The summed E-state index contributed by atoms with van der Waals surface area (Å²) >= 11 is 7.27. The predicted molar refractivity (Wildman–Crippen MR) is 94.3 cm³/mol. The number of thiophene rings is 1. The van der Waals surface area contributed by atoms with E-state index in [-0.39, 0.29) is 5.91 Å². The van der Waals surface area contributed by atoms with Crippen molar-refractivity contribution in [3.8, 4) is 0 Å². The summed E-state index contributed by atoms with van der Waals surface area (Å²) in [5.41, 5.74) is 0.667. The average Bonchev–Trinajstić information content (AvgIpc) is 3.00. The molecule has 1 saturated heterocycles. The zero-order chi connectivity index (χ0) is 16.1. The fourth-order valence-electron chi connectivity index (χ4n) is 2.20. The smallest absolute Gasteiger partial charge is 0.248 e. The van der Waals surface area contributed by atoms with E-state index in [0.717, 1.165) is 37.0 Å². The first-order valence-electron chi connectivity index (χ1n) is 7.24. The minimum atomic E-state index is -0.199. The van der Waals surface area contributed by atoms with E-state index >= 15 is 0 Å². The van der Waals surface area contributed by atoms with Gasteiger partial charge in [-0.15, -0.1) is 11.3 Å². The van der Waals surface area contributed by atoms with Gasteiger partial charge in [0.15, 0.2) is 0 Å². The van der Waals surface area contributed by atoms with Crippen molar-refractivity contribution >= 4 is 46.4 Å². The molecule has 0 aliphatic carbocycles. The second-order valence-electron chi connectivity index (χ2n) is 4.97. The maximum atomic E-state index is 11.9. The Hall–Kier alpha value is -1.89. The van der Waals surface area contributed by atoms with Crippen LogP contribution in [0.4, 0.5) is 11.5 Å². The highest BCUT2D eigenvalue weighted by atomic mass is 35.5. The molecule has 0 atom stereocenters. The molecule has 0 bridgehead atoms. The van der Waals surface area contributed by atoms with Crippen LogP contribution in [0.25, 0.3) is 6.08 Å². The number of nitrogens with zero attached hydrogens (tertiary/aromatic N) is 2. The van der Waals surface area contributed by atoms with Crippen molar-refractivity contribution in [3.05, 3.63) is 45.8 Å². The number of pyridine rings is 1. The Balaban J connectivity index is 1.57. The largest absolute Gasteiger partial charge is 0.378 e. The van der Waals surface area contributed by atoms with E-state index < -0.39 is 0 Å². The lowest BCUT2D eigenvalue weighted by atomic mass is 10.3. The van der Waals surface area contributed by atoms with E-state index in [0.29, 0.717) is 10.0 Å². The molecule has 23 heavy (non-hydrogen) atoms. The fourth-order valence-corrected chi connectivity index (χ4v) is 3.16. The quantitative estimate of drug-likeness (QED) is 0.861. The molecule has 1 fully saturated rings. The summed E-state index contributed by atoms with van der Waals surface area (Å²) in [5.74, 6) is 0.700. The van der Waals surface area contributed by atoms with Gasteiger partial charge in [-0.05, 0) is 30.3 Å². The number of morpholine rings is 1. The molecule has 0 spiro atoms. The second-order valence-corrected chi connectivity index (χ2v) is 6.72. The van der Waals surface area contributed by atoms with Crippen LogP contribution in [0.15, 0.2) is 36.5 Å². The number of carbonyl (C=O) groups excluding carboxylic acids is 1. The number of hydrogen-bond acceptors (Lipinski definition) is 5. The van der Waals surface area contributed by atoms with Crippen molar-refractivity contribution in [2.75, 3.05) is 36.5 Å². The summed E-state index contributed by atoms with van der Waals surface area (Å²) in [5, 5.41) is 2.79. The predicted octanol–water partition coefficient (Wildman–Crippen LogP) is 3.29. The van der Waals surface area contributed by atoms with Gasteiger partial charge in [0.25, 0.3) is 0 Å². The van der Waals surface area contributed by atoms with Gasteiger partial charge in [0.2, 0.25) is 5.91 Å². The lowest BCUT2D eigenvalue weighted by molar-refractivity contribution is -0.111. The topological polar surface area (TPSA) is 54.5 Å². The Kier molecular flexibility index (Phi) is 5.27. The van der Waals surface area contributed by atoms with Crippen molar-refractivity contribution in [2.45, 2.75) is 0 Å². The molecule has 3 heterocycles. The lowest BCUT2D eigenvalue weighted by Gasteiger charge is -2.27. The Morgan fingerprint density at radius 2 is 2.13 bits per heavy atom. The molecule has 1 aliphatic heterocycles. The number of nitrogens with one attached hydrogen (secondary N) is 1. The molecular formula is C16H16ClN3O2S. The molecule has 120 valence electrons. The van der Waals surface area contributed by atoms with Gasteiger partial charge in [0.1, 0.15) is 5.82 Å². The Bertz CT molecular complexity index is 694. The number of rotatable bonds is 4. The van der Waals surface area contributed by atoms with Gasteiger partial charge < -0.3 is 15.0 Å². The van der Waals surface area contributed by atoms with E-state index in [1.54, 1.807) is 18.3 Å². The summed E-state index contributed by atoms with van der Waals surface area (Å²) in [4.78, 5) is 19.4. The van der Waals surface area contributed by atoms with Crippen molar-refractivity contribution in [1.29, 1.82) is 0 Å². The highest BCUT2D eigenvalue weighted by Crippen LogP contribution is 2.22. The van der Waals surface area contributed by atoms with E-state index in [1.807, 2.05) is 18.2 Å². The molecule has 1 aliphatic rings. The third-order valence-electron chi connectivity index (χ3n) is 3.34. The minimum absolute atomic E-state index is 0.199. The number of aromatic nitrogens is 1. The van der Waals surface area contributed by atoms with E-state index in [1.165, 1.54) is 17.4 Å². The van der Waals surface area contributed by atoms with Gasteiger partial charge >= 0.3 is 0 Å². The summed E-state index contributed by atoms with van der Waals surface area (Å²) in [6.07, 6.45) is 4.89. The summed E-state index contributed by atoms with van der Waals surface area (Å²) in [6, 6.07) is 7.43. The van der Waals surface area contributed by atoms with Gasteiger partial charge in [-0.1, -0.05) is 11.6 Å². The molecule has 2 aromatic heterocycles. The van der Waals surface area contributed by atoms with E-state index in [2.05, 4.69) is 15.2 Å². The molecule has 7 heteroatoms. The first-order valence-corrected chi connectivity index (χ1v) is 8.43. The maximum Gasteiger partial charge on any atom is 0.248 e. The number of ether oxygens (including phenoxy) is 1. The summed E-state index contributed by atoms with van der Waals surface area (Å²) < 4.78 is 6.02. The van der Waals surface area contributed by atoms with Crippen LogP contribution in [0.2, 0.25) is 4.34 Å². The molecule has 2 aromatic rings. The van der Waals surface area contributed by atoms with Crippen molar-refractivity contribution in [3.63, 3.8) is 0 Å². The van der Waals surface area contributed by atoms with Gasteiger partial charge in [0.05, 0.1) is 29.4 Å². The molecule has 3 rings (SSSR count). The van der Waals surface area contributed by atoms with Crippen LogP contribution in [0.5, 0.6) is 0 Å². The average molecular weight is 350 g/mol. The van der Waals surface area contributed by atoms with Crippen LogP contribution in [0.3, 0.4) is 0 Å². The molecule has 0 unspecified atom stereocenters.